The van der Waals surface area contributed by atoms with Crippen molar-refractivity contribution in [3.05, 3.63) is 23.8 Å². The third kappa shape index (κ3) is 5.21. The van der Waals surface area contributed by atoms with E-state index in [1.807, 2.05) is 13.8 Å². The summed E-state index contributed by atoms with van der Waals surface area (Å²) in [6.07, 6.45) is 0.752. The number of rotatable bonds is 6. The minimum atomic E-state index is -3.95. The molecule has 7 heteroatoms. The highest BCUT2D eigenvalue weighted by Crippen LogP contribution is 2.28. The summed E-state index contributed by atoms with van der Waals surface area (Å²) in [5, 5.41) is 0. The molecule has 0 spiro atoms. The van der Waals surface area contributed by atoms with Gasteiger partial charge in [0.1, 0.15) is 4.90 Å². The number of nitrogens with zero attached hydrogens (tertiary/aromatic N) is 1. The number of hydrogen-bond acceptors (Lipinski definition) is 5. The first-order valence-corrected chi connectivity index (χ1v) is 8.87. The van der Waals surface area contributed by atoms with Crippen LogP contribution in [0.3, 0.4) is 0 Å². The summed E-state index contributed by atoms with van der Waals surface area (Å²) in [6.45, 7) is 4.35. The molecule has 5 nitrogen and oxygen atoms in total. The second-order valence-electron chi connectivity index (χ2n) is 5.33. The van der Waals surface area contributed by atoms with Crippen LogP contribution in [-0.4, -0.2) is 35.1 Å². The van der Waals surface area contributed by atoms with Crippen molar-refractivity contribution < 1.29 is 17.9 Å². The van der Waals surface area contributed by atoms with Crippen LogP contribution >= 0.6 is 10.7 Å². The summed E-state index contributed by atoms with van der Waals surface area (Å²) in [6, 6.07) is 4.31. The number of carbonyl (C=O) groups excluding carboxylic acids is 1. The molecule has 0 aliphatic rings. The Morgan fingerprint density at radius 2 is 1.95 bits per heavy atom. The van der Waals surface area contributed by atoms with Crippen molar-refractivity contribution in [2.75, 3.05) is 25.6 Å². The molecule has 0 radical (unpaired) electrons. The molecule has 0 N–H and O–H groups in total. The number of ether oxygens (including phenoxy) is 1. The molecule has 0 saturated carbocycles. The standard InChI is InChI=1S/C14H20ClNO4S/c1-10(2)7-8-20-14(17)11-5-6-12(16(3)4)13(9-11)21(15,18)19/h5-6,9-10H,7-8H2,1-4H3. The highest BCUT2D eigenvalue weighted by atomic mass is 35.7. The van der Waals surface area contributed by atoms with Crippen molar-refractivity contribution in [3.63, 3.8) is 0 Å². The number of benzene rings is 1. The van der Waals surface area contributed by atoms with Gasteiger partial charge in [-0.1, -0.05) is 13.8 Å². The largest absolute Gasteiger partial charge is 0.462 e. The topological polar surface area (TPSA) is 63.7 Å². The lowest BCUT2D eigenvalue weighted by Gasteiger charge is -2.16. The third-order valence-corrected chi connectivity index (χ3v) is 4.22. The Kier molecular flexibility index (Phi) is 6.04. The molecule has 0 unspecified atom stereocenters. The van der Waals surface area contributed by atoms with Crippen molar-refractivity contribution in [1.29, 1.82) is 0 Å². The van der Waals surface area contributed by atoms with Crippen molar-refractivity contribution in [2.24, 2.45) is 5.92 Å². The van der Waals surface area contributed by atoms with Crippen LogP contribution in [0.25, 0.3) is 0 Å². The van der Waals surface area contributed by atoms with Crippen molar-refractivity contribution in [2.45, 2.75) is 25.2 Å². The first-order valence-electron chi connectivity index (χ1n) is 6.56. The maximum absolute atomic E-state index is 11.9. The Balaban J connectivity index is 3.03. The van der Waals surface area contributed by atoms with Crippen LogP contribution in [0.15, 0.2) is 23.1 Å². The van der Waals surface area contributed by atoms with Gasteiger partial charge in [-0.25, -0.2) is 13.2 Å². The molecule has 0 aliphatic carbocycles. The smallest absolute Gasteiger partial charge is 0.338 e. The summed E-state index contributed by atoms with van der Waals surface area (Å²) in [7, 11) is 4.87. The Morgan fingerprint density at radius 3 is 2.43 bits per heavy atom. The van der Waals surface area contributed by atoms with Gasteiger partial charge < -0.3 is 9.64 Å². The maximum atomic E-state index is 11.9. The van der Waals surface area contributed by atoms with E-state index in [-0.39, 0.29) is 10.5 Å². The van der Waals surface area contributed by atoms with Crippen LogP contribution in [-0.2, 0) is 13.8 Å². The van der Waals surface area contributed by atoms with E-state index in [1.54, 1.807) is 19.0 Å². The first kappa shape index (κ1) is 17.8. The zero-order valence-corrected chi connectivity index (χ0v) is 14.2. The highest BCUT2D eigenvalue weighted by molar-refractivity contribution is 8.13. The molecule has 0 atom stereocenters. The van der Waals surface area contributed by atoms with E-state index in [1.165, 1.54) is 18.2 Å². The number of halogens is 1. The molecule has 1 rings (SSSR count). The monoisotopic (exact) mass is 333 g/mol. The van der Waals surface area contributed by atoms with Crippen LogP contribution in [0.4, 0.5) is 5.69 Å². The zero-order chi connectivity index (χ0) is 16.2. The van der Waals surface area contributed by atoms with Crippen LogP contribution in [0.5, 0.6) is 0 Å². The van der Waals surface area contributed by atoms with Crippen LogP contribution in [0.1, 0.15) is 30.6 Å². The summed E-state index contributed by atoms with van der Waals surface area (Å²) >= 11 is 0. The van der Waals surface area contributed by atoms with E-state index >= 15 is 0 Å². The van der Waals surface area contributed by atoms with Crippen molar-refractivity contribution in [1.82, 2.24) is 0 Å². The summed E-state index contributed by atoms with van der Waals surface area (Å²) < 4.78 is 28.4. The molecule has 0 heterocycles. The second-order valence-corrected chi connectivity index (χ2v) is 7.87. The fraction of sp³-hybridized carbons (Fsp3) is 0.500. The van der Waals surface area contributed by atoms with Gasteiger partial charge in [0.15, 0.2) is 0 Å². The number of anilines is 1. The van der Waals surface area contributed by atoms with Crippen molar-refractivity contribution >= 4 is 31.4 Å². The Hall–Kier alpha value is -1.27. The number of hydrogen-bond donors (Lipinski definition) is 0. The lowest BCUT2D eigenvalue weighted by atomic mass is 10.1. The van der Waals surface area contributed by atoms with Gasteiger partial charge in [0.25, 0.3) is 9.05 Å². The van der Waals surface area contributed by atoms with E-state index < -0.39 is 15.0 Å². The molecular weight excluding hydrogens is 314 g/mol. The molecule has 0 saturated heterocycles. The molecule has 118 valence electrons. The van der Waals surface area contributed by atoms with Gasteiger partial charge in [-0.3, -0.25) is 0 Å². The molecule has 0 bridgehead atoms. The molecule has 1 aromatic carbocycles. The summed E-state index contributed by atoms with van der Waals surface area (Å²) in [4.78, 5) is 13.4. The van der Waals surface area contributed by atoms with Gasteiger partial charge in [-0.2, -0.15) is 0 Å². The maximum Gasteiger partial charge on any atom is 0.338 e. The van der Waals surface area contributed by atoms with Gasteiger partial charge in [0, 0.05) is 24.8 Å². The molecule has 0 amide bonds. The van der Waals surface area contributed by atoms with Gasteiger partial charge in [-0.15, -0.1) is 0 Å². The Bertz CT molecular complexity index is 611. The number of carbonyl (C=O) groups is 1. The SMILES string of the molecule is CC(C)CCOC(=O)c1ccc(N(C)C)c(S(=O)(=O)Cl)c1. The lowest BCUT2D eigenvalue weighted by molar-refractivity contribution is 0.0488. The second kappa shape index (κ2) is 7.13. The fourth-order valence-corrected chi connectivity index (χ4v) is 2.82. The van der Waals surface area contributed by atoms with Crippen molar-refractivity contribution in [3.8, 4) is 0 Å². The first-order chi connectivity index (χ1) is 9.62. The van der Waals surface area contributed by atoms with Gasteiger partial charge in [0.05, 0.1) is 17.9 Å². The van der Waals surface area contributed by atoms with Gasteiger partial charge in [-0.05, 0) is 30.5 Å². The fourth-order valence-electron chi connectivity index (χ4n) is 1.68. The van der Waals surface area contributed by atoms with Gasteiger partial charge in [0.2, 0.25) is 0 Å². The van der Waals surface area contributed by atoms with E-state index in [0.29, 0.717) is 18.2 Å². The minimum absolute atomic E-state index is 0.104. The Morgan fingerprint density at radius 1 is 1.33 bits per heavy atom. The minimum Gasteiger partial charge on any atom is -0.462 e. The van der Waals surface area contributed by atoms with Gasteiger partial charge >= 0.3 is 5.97 Å². The van der Waals surface area contributed by atoms with E-state index in [2.05, 4.69) is 0 Å². The Labute approximate surface area is 130 Å². The third-order valence-electron chi connectivity index (χ3n) is 2.87. The molecular formula is C14H20ClNO4S. The zero-order valence-electron chi connectivity index (χ0n) is 12.6. The summed E-state index contributed by atoms with van der Waals surface area (Å²) in [5.41, 5.74) is 0.590. The molecule has 1 aromatic rings. The molecule has 0 fully saturated rings. The predicted octanol–water partition coefficient (Wildman–Crippen LogP) is 2.88. The van der Waals surface area contributed by atoms with Crippen LogP contribution in [0.2, 0.25) is 0 Å². The van der Waals surface area contributed by atoms with E-state index in [9.17, 15) is 13.2 Å². The van der Waals surface area contributed by atoms with E-state index in [4.69, 9.17) is 15.4 Å². The normalized spacial score (nSPS) is 11.5. The van der Waals surface area contributed by atoms with Crippen LogP contribution < -0.4 is 4.90 Å². The van der Waals surface area contributed by atoms with E-state index in [0.717, 1.165) is 6.42 Å². The molecule has 0 aliphatic heterocycles. The number of esters is 1. The quantitative estimate of drug-likeness (QED) is 0.591. The molecule has 21 heavy (non-hydrogen) atoms. The average Bonchev–Trinajstić information content (AvgIpc) is 2.36. The average molecular weight is 334 g/mol. The molecule has 0 aromatic heterocycles. The lowest BCUT2D eigenvalue weighted by Crippen LogP contribution is -2.14. The van der Waals surface area contributed by atoms with Crippen LogP contribution in [0, 0.1) is 5.92 Å². The summed E-state index contributed by atoms with van der Waals surface area (Å²) in [5.74, 6) is -0.129. The predicted molar refractivity (Wildman–Crippen MR) is 83.5 cm³/mol. The highest BCUT2D eigenvalue weighted by Gasteiger charge is 2.20.